The van der Waals surface area contributed by atoms with Crippen LogP contribution in [0.1, 0.15) is 34.6 Å². The van der Waals surface area contributed by atoms with Crippen molar-refractivity contribution in [2.24, 2.45) is 10.5 Å². The van der Waals surface area contributed by atoms with Crippen LogP contribution in [0.25, 0.3) is 0 Å². The third-order valence-corrected chi connectivity index (χ3v) is 3.99. The molecule has 66 valence electrons. The fourth-order valence-electron chi connectivity index (χ4n) is 1.01. The predicted molar refractivity (Wildman–Crippen MR) is 54.5 cm³/mol. The molecule has 0 spiro atoms. The van der Waals surface area contributed by atoms with Crippen molar-refractivity contribution in [2.45, 2.75) is 45.9 Å². The first kappa shape index (κ1) is 10.9. The lowest BCUT2D eigenvalue weighted by Crippen LogP contribution is -2.09. The zero-order chi connectivity index (χ0) is 9.02. The summed E-state index contributed by atoms with van der Waals surface area (Å²) in [6.45, 7) is 10.7. The highest BCUT2D eigenvalue weighted by Gasteiger charge is 2.15. The van der Waals surface area contributed by atoms with Crippen LogP contribution in [-0.4, -0.2) is 17.2 Å². The van der Waals surface area contributed by atoms with Crippen molar-refractivity contribution in [1.82, 2.24) is 0 Å². The lowest BCUT2D eigenvalue weighted by molar-refractivity contribution is 1.01. The van der Waals surface area contributed by atoms with Crippen molar-refractivity contribution < 1.29 is 0 Å². The fourth-order valence-corrected chi connectivity index (χ4v) is 3.03. The lowest BCUT2D eigenvalue weighted by atomic mass is 10.5. The molecule has 0 atom stereocenters. The van der Waals surface area contributed by atoms with E-state index < -0.39 is 0 Å². The molecule has 0 aliphatic heterocycles. The first-order valence-electron chi connectivity index (χ1n) is 4.04. The largest absolute Gasteiger partial charge is 0.387 e. The zero-order valence-corrected chi connectivity index (χ0v) is 9.02. The molecule has 2 nitrogen and oxygen atoms in total. The van der Waals surface area contributed by atoms with Gasteiger partial charge in [-0.2, -0.15) is 0 Å². The van der Waals surface area contributed by atoms with E-state index in [-0.39, 0.29) is 8.07 Å². The molecule has 0 aromatic heterocycles. The SMILES string of the molecule is C/C(N)=N/P(C(C)C)C(C)C. The second-order valence-corrected chi connectivity index (χ2v) is 6.33. The van der Waals surface area contributed by atoms with Crippen LogP contribution in [0.3, 0.4) is 0 Å². The molecule has 0 fully saturated rings. The molecule has 0 aliphatic carbocycles. The maximum atomic E-state index is 5.54. The highest BCUT2D eigenvalue weighted by Crippen LogP contribution is 2.47. The average molecular weight is 174 g/mol. The minimum atomic E-state index is -0.255. The van der Waals surface area contributed by atoms with Crippen molar-refractivity contribution in [3.8, 4) is 0 Å². The molecule has 0 aromatic carbocycles. The molecule has 11 heavy (non-hydrogen) atoms. The topological polar surface area (TPSA) is 38.4 Å². The van der Waals surface area contributed by atoms with Gasteiger partial charge in [0.25, 0.3) is 0 Å². The summed E-state index contributed by atoms with van der Waals surface area (Å²) in [5, 5.41) is 0. The molecule has 0 saturated carbocycles. The number of hydrogen-bond donors (Lipinski definition) is 1. The predicted octanol–water partition coefficient (Wildman–Crippen LogP) is 2.58. The van der Waals surface area contributed by atoms with Crippen LogP contribution in [0, 0.1) is 0 Å². The Bertz CT molecular complexity index is 129. The van der Waals surface area contributed by atoms with E-state index in [9.17, 15) is 0 Å². The van der Waals surface area contributed by atoms with E-state index in [1.54, 1.807) is 0 Å². The van der Waals surface area contributed by atoms with Crippen molar-refractivity contribution >= 4 is 13.9 Å². The van der Waals surface area contributed by atoms with Crippen LogP contribution in [0.15, 0.2) is 4.76 Å². The fraction of sp³-hybridized carbons (Fsp3) is 0.875. The van der Waals surface area contributed by atoms with Gasteiger partial charge in [0.1, 0.15) is 0 Å². The molecule has 0 aromatic rings. The number of amidine groups is 1. The van der Waals surface area contributed by atoms with Gasteiger partial charge in [-0.25, -0.2) is 4.76 Å². The van der Waals surface area contributed by atoms with E-state index in [2.05, 4.69) is 32.5 Å². The Hall–Kier alpha value is -0.100. The Morgan fingerprint density at radius 3 is 1.64 bits per heavy atom. The van der Waals surface area contributed by atoms with Gasteiger partial charge >= 0.3 is 0 Å². The van der Waals surface area contributed by atoms with Gasteiger partial charge in [-0.05, 0) is 18.2 Å². The van der Waals surface area contributed by atoms with Gasteiger partial charge in [0.05, 0.1) is 5.84 Å². The van der Waals surface area contributed by atoms with Crippen molar-refractivity contribution in [1.29, 1.82) is 0 Å². The third-order valence-electron chi connectivity index (χ3n) is 1.33. The second-order valence-electron chi connectivity index (χ2n) is 3.31. The van der Waals surface area contributed by atoms with Gasteiger partial charge in [0.15, 0.2) is 0 Å². The molecule has 0 amide bonds. The molecule has 0 radical (unpaired) electrons. The average Bonchev–Trinajstić information content (AvgIpc) is 1.81. The summed E-state index contributed by atoms with van der Waals surface area (Å²) in [5.41, 5.74) is 6.82. The van der Waals surface area contributed by atoms with Crippen LogP contribution < -0.4 is 5.73 Å². The smallest absolute Gasteiger partial charge is 0.0947 e. The summed E-state index contributed by atoms with van der Waals surface area (Å²) < 4.78 is 4.44. The summed E-state index contributed by atoms with van der Waals surface area (Å²) in [7, 11) is -0.255. The quantitative estimate of drug-likeness (QED) is 0.398. The highest BCUT2D eigenvalue weighted by atomic mass is 31.1. The van der Waals surface area contributed by atoms with Gasteiger partial charge in [-0.1, -0.05) is 27.7 Å². The maximum absolute atomic E-state index is 5.54. The summed E-state index contributed by atoms with van der Waals surface area (Å²) in [6.07, 6.45) is 0. The van der Waals surface area contributed by atoms with Crippen LogP contribution in [0.4, 0.5) is 0 Å². The molecule has 0 aliphatic rings. The van der Waals surface area contributed by atoms with Gasteiger partial charge < -0.3 is 5.73 Å². The Kier molecular flexibility index (Phi) is 4.67. The van der Waals surface area contributed by atoms with Gasteiger partial charge in [-0.15, -0.1) is 0 Å². The van der Waals surface area contributed by atoms with E-state index in [4.69, 9.17) is 5.73 Å². The third kappa shape index (κ3) is 4.36. The first-order chi connectivity index (χ1) is 4.95. The standard InChI is InChI=1S/C8H19N2P/c1-6(2)11(7(3)4)10-8(5)9/h6-7H,1-5H3,(H2,9,10). The number of hydrogen-bond acceptors (Lipinski definition) is 1. The van der Waals surface area contributed by atoms with Crippen LogP contribution in [-0.2, 0) is 0 Å². The Balaban J connectivity index is 4.24. The number of nitrogens with zero attached hydrogens (tertiary/aromatic N) is 1. The monoisotopic (exact) mass is 174 g/mol. The van der Waals surface area contributed by atoms with E-state index in [0.717, 1.165) is 5.84 Å². The van der Waals surface area contributed by atoms with Crippen LogP contribution in [0.2, 0.25) is 0 Å². The Labute approximate surface area is 71.1 Å². The van der Waals surface area contributed by atoms with E-state index in [1.165, 1.54) is 0 Å². The minimum absolute atomic E-state index is 0.255. The van der Waals surface area contributed by atoms with Crippen molar-refractivity contribution in [2.75, 3.05) is 0 Å². The number of nitrogens with two attached hydrogens (primary N) is 1. The van der Waals surface area contributed by atoms with Gasteiger partial charge in [-0.3, -0.25) is 0 Å². The number of rotatable bonds is 3. The summed E-state index contributed by atoms with van der Waals surface area (Å²) in [5.74, 6) is 0.721. The lowest BCUT2D eigenvalue weighted by Gasteiger charge is -2.20. The Morgan fingerprint density at radius 1 is 1.18 bits per heavy atom. The van der Waals surface area contributed by atoms with E-state index in [1.807, 2.05) is 6.92 Å². The van der Waals surface area contributed by atoms with Crippen LogP contribution in [0.5, 0.6) is 0 Å². The first-order valence-corrected chi connectivity index (χ1v) is 5.47. The molecule has 0 unspecified atom stereocenters. The minimum Gasteiger partial charge on any atom is -0.387 e. The van der Waals surface area contributed by atoms with Gasteiger partial charge in [0.2, 0.25) is 0 Å². The molecule has 3 heteroatoms. The summed E-state index contributed by atoms with van der Waals surface area (Å²) >= 11 is 0. The second kappa shape index (κ2) is 4.71. The van der Waals surface area contributed by atoms with E-state index >= 15 is 0 Å². The molecule has 0 bridgehead atoms. The van der Waals surface area contributed by atoms with Crippen molar-refractivity contribution in [3.05, 3.63) is 0 Å². The maximum Gasteiger partial charge on any atom is 0.0947 e. The zero-order valence-electron chi connectivity index (χ0n) is 8.13. The highest BCUT2D eigenvalue weighted by molar-refractivity contribution is 7.57. The normalized spacial score (nSPS) is 13.6. The van der Waals surface area contributed by atoms with Crippen molar-refractivity contribution in [3.63, 3.8) is 0 Å². The summed E-state index contributed by atoms with van der Waals surface area (Å²) in [4.78, 5) is 0. The van der Waals surface area contributed by atoms with Crippen LogP contribution >= 0.6 is 8.07 Å². The molecular weight excluding hydrogens is 155 g/mol. The summed E-state index contributed by atoms with van der Waals surface area (Å²) in [6, 6.07) is 0. The Morgan fingerprint density at radius 2 is 1.55 bits per heavy atom. The molecule has 0 saturated heterocycles. The molecular formula is C8H19N2P. The van der Waals surface area contributed by atoms with E-state index in [0.29, 0.717) is 11.3 Å². The molecule has 0 heterocycles. The van der Waals surface area contributed by atoms with Gasteiger partial charge in [0, 0.05) is 8.07 Å². The molecule has 0 rings (SSSR count). The molecule has 2 N–H and O–H groups in total.